The molecule has 0 aromatic heterocycles. The molecule has 0 amide bonds. The summed E-state index contributed by atoms with van der Waals surface area (Å²) in [4.78, 5) is 12.3. The molecule has 1 aromatic rings. The summed E-state index contributed by atoms with van der Waals surface area (Å²) in [6.07, 6.45) is 1.73. The Labute approximate surface area is 132 Å². The third-order valence-corrected chi connectivity index (χ3v) is 4.06. The largest absolute Gasteiger partial charge is 0.380 e. The van der Waals surface area contributed by atoms with Gasteiger partial charge in [-0.1, -0.05) is 23.2 Å². The number of non-ortho nitro benzene ring substituents is 1. The van der Waals surface area contributed by atoms with Gasteiger partial charge in [-0.05, 0) is 12.8 Å². The van der Waals surface area contributed by atoms with Crippen LogP contribution in [0.15, 0.2) is 12.1 Å². The molecule has 0 aliphatic carbocycles. The molecule has 0 bridgehead atoms. The third-order valence-electron chi connectivity index (χ3n) is 3.47. The molecule has 0 spiro atoms. The highest BCUT2D eigenvalue weighted by molar-refractivity contribution is 6.39. The van der Waals surface area contributed by atoms with Crippen molar-refractivity contribution in [2.24, 2.45) is 0 Å². The molecule has 21 heavy (non-hydrogen) atoms. The average Bonchev–Trinajstić information content (AvgIpc) is 2.44. The summed E-state index contributed by atoms with van der Waals surface area (Å²) >= 11 is 12.1. The molecule has 0 unspecified atom stereocenters. The summed E-state index contributed by atoms with van der Waals surface area (Å²) < 4.78 is 0. The first kappa shape index (κ1) is 15.8. The Morgan fingerprint density at radius 2 is 1.95 bits per heavy atom. The fourth-order valence-electron chi connectivity index (χ4n) is 2.34. The first-order chi connectivity index (χ1) is 10.0. The molecule has 1 fully saturated rings. The van der Waals surface area contributed by atoms with Crippen molar-refractivity contribution < 1.29 is 4.92 Å². The number of anilines is 1. The number of piperidine rings is 1. The van der Waals surface area contributed by atoms with Gasteiger partial charge in [0.05, 0.1) is 33.3 Å². The predicted molar refractivity (Wildman–Crippen MR) is 81.8 cm³/mol. The Morgan fingerprint density at radius 3 is 2.43 bits per heavy atom. The van der Waals surface area contributed by atoms with Crippen LogP contribution >= 0.6 is 23.2 Å². The normalized spacial score (nSPS) is 16.4. The zero-order valence-corrected chi connectivity index (χ0v) is 12.7. The van der Waals surface area contributed by atoms with Gasteiger partial charge in [0.25, 0.3) is 5.69 Å². The van der Waals surface area contributed by atoms with E-state index in [0.29, 0.717) is 12.2 Å². The van der Waals surface area contributed by atoms with Crippen molar-refractivity contribution in [2.45, 2.75) is 18.9 Å². The molecular weight excluding hydrogens is 315 g/mol. The molecule has 1 heterocycles. The van der Waals surface area contributed by atoms with Gasteiger partial charge >= 0.3 is 0 Å². The summed E-state index contributed by atoms with van der Waals surface area (Å²) in [5.74, 6) is 0. The van der Waals surface area contributed by atoms with E-state index in [9.17, 15) is 10.1 Å². The second-order valence-corrected chi connectivity index (χ2v) is 5.71. The lowest BCUT2D eigenvalue weighted by molar-refractivity contribution is -0.384. The minimum Gasteiger partial charge on any atom is -0.380 e. The molecule has 1 saturated heterocycles. The number of nitrogens with one attached hydrogen (secondary N) is 1. The lowest BCUT2D eigenvalue weighted by Gasteiger charge is -2.31. The Balaban J connectivity index is 2.04. The van der Waals surface area contributed by atoms with Crippen molar-refractivity contribution in [1.82, 2.24) is 4.90 Å². The molecule has 8 heteroatoms. The van der Waals surface area contributed by atoms with E-state index in [2.05, 4.69) is 16.3 Å². The fourth-order valence-corrected chi connectivity index (χ4v) is 2.93. The van der Waals surface area contributed by atoms with E-state index in [0.717, 1.165) is 25.9 Å². The summed E-state index contributed by atoms with van der Waals surface area (Å²) in [6, 6.07) is 4.91. The number of nitrogens with zero attached hydrogens (tertiary/aromatic N) is 3. The molecular formula is C13H14Cl2N4O2. The first-order valence-electron chi connectivity index (χ1n) is 6.50. The van der Waals surface area contributed by atoms with Crippen LogP contribution < -0.4 is 5.32 Å². The Kier molecular flexibility index (Phi) is 5.23. The quantitative estimate of drug-likeness (QED) is 0.521. The van der Waals surface area contributed by atoms with Gasteiger partial charge in [-0.25, -0.2) is 0 Å². The number of hydrogen-bond donors (Lipinski definition) is 1. The second kappa shape index (κ2) is 6.94. The SMILES string of the molecule is N#CCN1CCC(Nc2c(Cl)cc([N+](=O)[O-])cc2Cl)CC1. The highest BCUT2D eigenvalue weighted by Gasteiger charge is 2.21. The average molecular weight is 329 g/mol. The van der Waals surface area contributed by atoms with Crippen molar-refractivity contribution in [3.8, 4) is 6.07 Å². The van der Waals surface area contributed by atoms with E-state index in [1.165, 1.54) is 12.1 Å². The van der Waals surface area contributed by atoms with Crippen LogP contribution in [0.2, 0.25) is 10.0 Å². The van der Waals surface area contributed by atoms with Gasteiger partial charge in [-0.3, -0.25) is 15.0 Å². The first-order valence-corrected chi connectivity index (χ1v) is 7.26. The Hall–Kier alpha value is -1.55. The van der Waals surface area contributed by atoms with E-state index >= 15 is 0 Å². The monoisotopic (exact) mass is 328 g/mol. The number of rotatable bonds is 4. The zero-order valence-electron chi connectivity index (χ0n) is 11.2. The maximum Gasteiger partial charge on any atom is 0.272 e. The van der Waals surface area contributed by atoms with E-state index < -0.39 is 4.92 Å². The highest BCUT2D eigenvalue weighted by atomic mass is 35.5. The summed E-state index contributed by atoms with van der Waals surface area (Å²) in [5.41, 5.74) is 0.405. The number of nitro benzene ring substituents is 1. The van der Waals surface area contributed by atoms with Crippen molar-refractivity contribution in [3.05, 3.63) is 32.3 Å². The van der Waals surface area contributed by atoms with Crippen molar-refractivity contribution >= 4 is 34.6 Å². The molecule has 0 radical (unpaired) electrons. The molecule has 1 aliphatic heterocycles. The maximum atomic E-state index is 10.7. The number of halogens is 2. The zero-order chi connectivity index (χ0) is 15.4. The van der Waals surface area contributed by atoms with Crippen LogP contribution in [0.5, 0.6) is 0 Å². The van der Waals surface area contributed by atoms with Crippen LogP contribution in [0.25, 0.3) is 0 Å². The fraction of sp³-hybridized carbons (Fsp3) is 0.462. The highest BCUT2D eigenvalue weighted by Crippen LogP contribution is 2.35. The minimum atomic E-state index is -0.526. The van der Waals surface area contributed by atoms with Crippen molar-refractivity contribution in [1.29, 1.82) is 5.26 Å². The molecule has 6 nitrogen and oxygen atoms in total. The number of likely N-dealkylation sites (tertiary alicyclic amines) is 1. The van der Waals surface area contributed by atoms with E-state index in [4.69, 9.17) is 28.5 Å². The van der Waals surface area contributed by atoms with Crippen LogP contribution in [0.3, 0.4) is 0 Å². The van der Waals surface area contributed by atoms with E-state index in [1.54, 1.807) is 0 Å². The molecule has 0 saturated carbocycles. The molecule has 1 aromatic carbocycles. The van der Waals surface area contributed by atoms with Crippen molar-refractivity contribution in [2.75, 3.05) is 25.0 Å². The van der Waals surface area contributed by atoms with Gasteiger partial charge in [-0.2, -0.15) is 5.26 Å². The molecule has 1 N–H and O–H groups in total. The molecule has 112 valence electrons. The number of benzene rings is 1. The van der Waals surface area contributed by atoms with E-state index in [-0.39, 0.29) is 21.8 Å². The van der Waals surface area contributed by atoms with Gasteiger partial charge in [-0.15, -0.1) is 0 Å². The number of hydrogen-bond acceptors (Lipinski definition) is 5. The maximum absolute atomic E-state index is 10.7. The smallest absolute Gasteiger partial charge is 0.272 e. The van der Waals surface area contributed by atoms with Crippen LogP contribution in [0.4, 0.5) is 11.4 Å². The minimum absolute atomic E-state index is 0.126. The van der Waals surface area contributed by atoms with Crippen LogP contribution in [0, 0.1) is 21.4 Å². The van der Waals surface area contributed by atoms with Crippen LogP contribution in [-0.2, 0) is 0 Å². The van der Waals surface area contributed by atoms with Gasteiger partial charge in [0, 0.05) is 31.3 Å². The molecule has 0 atom stereocenters. The van der Waals surface area contributed by atoms with Gasteiger partial charge in [0.15, 0.2) is 0 Å². The lowest BCUT2D eigenvalue weighted by atomic mass is 10.0. The summed E-state index contributed by atoms with van der Waals surface area (Å²) in [5, 5.41) is 23.1. The third kappa shape index (κ3) is 3.97. The van der Waals surface area contributed by atoms with Crippen LogP contribution in [-0.4, -0.2) is 35.5 Å². The molecule has 1 aliphatic rings. The summed E-state index contributed by atoms with van der Waals surface area (Å²) in [7, 11) is 0. The van der Waals surface area contributed by atoms with Gasteiger partial charge in [0.2, 0.25) is 0 Å². The number of nitro groups is 1. The Bertz CT molecular complexity index is 557. The number of nitriles is 1. The Morgan fingerprint density at radius 1 is 1.38 bits per heavy atom. The van der Waals surface area contributed by atoms with Crippen LogP contribution in [0.1, 0.15) is 12.8 Å². The van der Waals surface area contributed by atoms with Gasteiger partial charge in [0.1, 0.15) is 0 Å². The van der Waals surface area contributed by atoms with Crippen molar-refractivity contribution in [3.63, 3.8) is 0 Å². The van der Waals surface area contributed by atoms with E-state index in [1.807, 2.05) is 0 Å². The lowest BCUT2D eigenvalue weighted by Crippen LogP contribution is -2.39. The second-order valence-electron chi connectivity index (χ2n) is 4.89. The molecule has 2 rings (SSSR count). The van der Waals surface area contributed by atoms with Gasteiger partial charge < -0.3 is 5.32 Å². The standard InChI is InChI=1S/C13H14Cl2N4O2/c14-11-7-10(19(20)21)8-12(15)13(11)17-9-1-4-18(5-2-9)6-3-16/h7-9,17H,1-2,4-6H2. The summed E-state index contributed by atoms with van der Waals surface area (Å²) in [6.45, 7) is 2.09. The predicted octanol–water partition coefficient (Wildman–Crippen LogP) is 3.30. The topological polar surface area (TPSA) is 82.2 Å².